The summed E-state index contributed by atoms with van der Waals surface area (Å²) in [7, 11) is -5.04. The average molecular weight is 367 g/mol. The van der Waals surface area contributed by atoms with Crippen LogP contribution in [-0.4, -0.2) is 31.6 Å². The van der Waals surface area contributed by atoms with Crippen LogP contribution in [0.3, 0.4) is 0 Å². The highest BCUT2D eigenvalue weighted by atomic mass is 32.2. The van der Waals surface area contributed by atoms with E-state index in [1.54, 1.807) is 0 Å². The summed E-state index contributed by atoms with van der Waals surface area (Å²) in [5.74, 6) is -1.62. The summed E-state index contributed by atoms with van der Waals surface area (Å²) in [5, 5.41) is 0. The summed E-state index contributed by atoms with van der Waals surface area (Å²) >= 11 is 0. The van der Waals surface area contributed by atoms with Gasteiger partial charge in [0.1, 0.15) is 5.56 Å². The SMILES string of the molecule is COC(=O)c1cn(C23CC(C2)C3)c(=O)cc1OS(=O)(=O)C(F)(F)F. The molecular formula is C13H12F3NO6S. The van der Waals surface area contributed by atoms with Gasteiger partial charge in [-0.1, -0.05) is 0 Å². The number of ether oxygens (including phenoxy) is 1. The zero-order chi connectivity index (χ0) is 17.9. The molecule has 4 rings (SSSR count). The van der Waals surface area contributed by atoms with E-state index in [9.17, 15) is 31.2 Å². The number of hydrogen-bond donors (Lipinski definition) is 0. The van der Waals surface area contributed by atoms with E-state index in [1.807, 2.05) is 0 Å². The van der Waals surface area contributed by atoms with Crippen LogP contribution in [0.1, 0.15) is 29.6 Å². The number of nitrogens with zero attached hydrogens (tertiary/aromatic N) is 1. The van der Waals surface area contributed by atoms with Gasteiger partial charge in [-0.15, -0.1) is 0 Å². The first kappa shape index (κ1) is 16.8. The largest absolute Gasteiger partial charge is 0.534 e. The van der Waals surface area contributed by atoms with Crippen molar-refractivity contribution in [3.8, 4) is 5.75 Å². The molecule has 132 valence electrons. The van der Waals surface area contributed by atoms with Crippen molar-refractivity contribution in [1.29, 1.82) is 0 Å². The molecule has 1 aromatic rings. The fourth-order valence-corrected chi connectivity index (χ4v) is 3.58. The van der Waals surface area contributed by atoms with Crippen molar-refractivity contribution >= 4 is 16.1 Å². The molecule has 2 bridgehead atoms. The fourth-order valence-electron chi connectivity index (χ4n) is 3.11. The number of aromatic nitrogens is 1. The molecule has 1 heterocycles. The van der Waals surface area contributed by atoms with Gasteiger partial charge in [0.2, 0.25) is 0 Å². The van der Waals surface area contributed by atoms with Crippen LogP contribution in [0.5, 0.6) is 5.75 Å². The molecule has 0 atom stereocenters. The predicted molar refractivity (Wildman–Crippen MR) is 73.0 cm³/mol. The van der Waals surface area contributed by atoms with Gasteiger partial charge < -0.3 is 13.5 Å². The minimum absolute atomic E-state index is 0.452. The Morgan fingerprint density at radius 1 is 1.33 bits per heavy atom. The number of esters is 1. The first-order chi connectivity index (χ1) is 11.0. The maximum atomic E-state index is 12.5. The van der Waals surface area contributed by atoms with Crippen LogP contribution < -0.4 is 9.74 Å². The van der Waals surface area contributed by atoms with E-state index in [2.05, 4.69) is 8.92 Å². The quantitative estimate of drug-likeness (QED) is 0.454. The maximum Gasteiger partial charge on any atom is 0.534 e. The molecule has 24 heavy (non-hydrogen) atoms. The van der Waals surface area contributed by atoms with Crippen LogP contribution in [0, 0.1) is 5.92 Å². The van der Waals surface area contributed by atoms with Gasteiger partial charge in [0.25, 0.3) is 5.56 Å². The third-order valence-electron chi connectivity index (χ3n) is 4.42. The van der Waals surface area contributed by atoms with E-state index >= 15 is 0 Å². The third kappa shape index (κ3) is 2.38. The molecule has 3 fully saturated rings. The number of methoxy groups -OCH3 is 1. The topological polar surface area (TPSA) is 91.7 Å². The van der Waals surface area contributed by atoms with Gasteiger partial charge in [-0.05, 0) is 25.2 Å². The maximum absolute atomic E-state index is 12.5. The minimum Gasteiger partial charge on any atom is -0.465 e. The Morgan fingerprint density at radius 2 is 1.92 bits per heavy atom. The van der Waals surface area contributed by atoms with Gasteiger partial charge in [0.15, 0.2) is 5.75 Å². The van der Waals surface area contributed by atoms with Crippen LogP contribution in [0.2, 0.25) is 0 Å². The van der Waals surface area contributed by atoms with E-state index in [1.165, 1.54) is 4.57 Å². The molecule has 0 aliphatic heterocycles. The van der Waals surface area contributed by atoms with Crippen molar-refractivity contribution in [2.75, 3.05) is 7.11 Å². The van der Waals surface area contributed by atoms with Gasteiger partial charge in [-0.2, -0.15) is 21.6 Å². The van der Waals surface area contributed by atoms with E-state index < -0.39 is 44.0 Å². The second-order valence-corrected chi connectivity index (χ2v) is 7.47. The minimum atomic E-state index is -6.02. The first-order valence-electron chi connectivity index (χ1n) is 6.85. The molecule has 0 aromatic carbocycles. The van der Waals surface area contributed by atoms with Crippen molar-refractivity contribution in [1.82, 2.24) is 4.57 Å². The molecule has 1 aromatic heterocycles. The highest BCUT2D eigenvalue weighted by Crippen LogP contribution is 2.61. The fraction of sp³-hybridized carbons (Fsp3) is 0.538. The Bertz CT molecular complexity index is 856. The van der Waals surface area contributed by atoms with Crippen LogP contribution in [0.4, 0.5) is 13.2 Å². The van der Waals surface area contributed by atoms with Gasteiger partial charge in [-0.25, -0.2) is 4.79 Å². The van der Waals surface area contributed by atoms with Crippen molar-refractivity contribution in [2.45, 2.75) is 30.3 Å². The van der Waals surface area contributed by atoms with E-state index in [4.69, 9.17) is 0 Å². The predicted octanol–water partition coefficient (Wildman–Crippen LogP) is 1.37. The van der Waals surface area contributed by atoms with Crippen LogP contribution in [0.25, 0.3) is 0 Å². The Balaban J connectivity index is 2.07. The molecular weight excluding hydrogens is 355 g/mol. The van der Waals surface area contributed by atoms with E-state index in [0.29, 0.717) is 12.0 Å². The van der Waals surface area contributed by atoms with Gasteiger partial charge in [0, 0.05) is 17.8 Å². The summed E-state index contributed by atoms with van der Waals surface area (Å²) in [4.78, 5) is 23.9. The number of carbonyl (C=O) groups excluding carboxylic acids is 1. The summed E-state index contributed by atoms with van der Waals surface area (Å²) in [5.41, 5.74) is -7.45. The third-order valence-corrected chi connectivity index (χ3v) is 5.39. The Kier molecular flexibility index (Phi) is 3.49. The lowest BCUT2D eigenvalue weighted by Crippen LogP contribution is -2.62. The average Bonchev–Trinajstić information content (AvgIpc) is 2.35. The van der Waals surface area contributed by atoms with Gasteiger partial charge in [0.05, 0.1) is 7.11 Å². The molecule has 3 aliphatic carbocycles. The van der Waals surface area contributed by atoms with Crippen molar-refractivity contribution in [2.24, 2.45) is 5.92 Å². The van der Waals surface area contributed by atoms with Crippen molar-refractivity contribution < 1.29 is 35.3 Å². The van der Waals surface area contributed by atoms with Crippen molar-refractivity contribution in [3.63, 3.8) is 0 Å². The zero-order valence-corrected chi connectivity index (χ0v) is 13.1. The van der Waals surface area contributed by atoms with Crippen molar-refractivity contribution in [3.05, 3.63) is 28.2 Å². The van der Waals surface area contributed by atoms with Gasteiger partial charge >= 0.3 is 21.6 Å². The molecule has 0 unspecified atom stereocenters. The molecule has 0 radical (unpaired) electrons. The second-order valence-electron chi connectivity index (χ2n) is 5.94. The number of alkyl halides is 3. The standard InChI is InChI=1S/C13H12F3NO6S/c1-22-11(19)8-6-17(12-3-7(4-12)5-12)10(18)2-9(8)23-24(20,21)13(14,15)16/h2,6-7H,3-5H2,1H3. The smallest absolute Gasteiger partial charge is 0.465 e. The van der Waals surface area contributed by atoms with Crippen LogP contribution >= 0.6 is 0 Å². The van der Waals surface area contributed by atoms with E-state index in [-0.39, 0.29) is 0 Å². The lowest BCUT2D eigenvalue weighted by molar-refractivity contribution is -0.0915. The number of hydrogen-bond acceptors (Lipinski definition) is 6. The van der Waals surface area contributed by atoms with Crippen LogP contribution in [-0.2, 0) is 20.4 Å². The first-order valence-corrected chi connectivity index (χ1v) is 8.26. The summed E-state index contributed by atoms with van der Waals surface area (Å²) in [6, 6.07) is 0.565. The molecule has 0 spiro atoms. The second kappa shape index (κ2) is 4.98. The van der Waals surface area contributed by atoms with E-state index in [0.717, 1.165) is 32.6 Å². The molecule has 3 aliphatic rings. The number of pyridine rings is 1. The lowest BCUT2D eigenvalue weighted by Gasteiger charge is -2.62. The van der Waals surface area contributed by atoms with Gasteiger partial charge in [-0.3, -0.25) is 4.79 Å². The molecule has 0 amide bonds. The Labute approximate surface area is 134 Å². The molecule has 11 heteroatoms. The molecule has 0 N–H and O–H groups in total. The van der Waals surface area contributed by atoms with Crippen LogP contribution in [0.15, 0.2) is 17.1 Å². The number of rotatable bonds is 4. The normalized spacial score (nSPS) is 25.4. The molecule has 0 saturated heterocycles. The molecule has 7 nitrogen and oxygen atoms in total. The summed E-state index contributed by atoms with van der Waals surface area (Å²) in [6.07, 6.45) is 3.20. The highest BCUT2D eigenvalue weighted by molar-refractivity contribution is 7.88. The molecule has 3 saturated carbocycles. The number of halogens is 3. The highest BCUT2D eigenvalue weighted by Gasteiger charge is 2.58. The summed E-state index contributed by atoms with van der Waals surface area (Å²) in [6.45, 7) is 0. The Morgan fingerprint density at radius 3 is 2.33 bits per heavy atom. The zero-order valence-electron chi connectivity index (χ0n) is 12.3. The monoisotopic (exact) mass is 367 g/mol. The summed E-state index contributed by atoms with van der Waals surface area (Å²) < 4.78 is 69.3. The number of carbonyl (C=O) groups is 1. The lowest BCUT2D eigenvalue weighted by atomic mass is 9.49. The Hall–Kier alpha value is -2.04.